The molecule has 2 aromatic rings. The minimum absolute atomic E-state index is 0. The van der Waals surface area contributed by atoms with Gasteiger partial charge < -0.3 is 15.8 Å². The molecule has 1 saturated carbocycles. The minimum Gasteiger partial charge on any atom is -0.439 e. The van der Waals surface area contributed by atoms with E-state index in [0.717, 1.165) is 25.3 Å². The number of alkyl halides is 3. The molecule has 0 saturated heterocycles. The lowest BCUT2D eigenvalue weighted by atomic mass is 9.95. The van der Waals surface area contributed by atoms with Crippen molar-refractivity contribution in [3.8, 4) is 11.6 Å². The van der Waals surface area contributed by atoms with Crippen LogP contribution < -0.4 is 15.8 Å². The molecular formula is C19H22Cl2F3N3O2. The van der Waals surface area contributed by atoms with Gasteiger partial charge in [-0.15, -0.1) is 24.8 Å². The van der Waals surface area contributed by atoms with Gasteiger partial charge in [0.05, 0.1) is 0 Å². The number of pyridine rings is 1. The number of nitrogens with one attached hydrogen (secondary N) is 1. The van der Waals surface area contributed by atoms with Gasteiger partial charge in [-0.1, -0.05) is 12.5 Å². The van der Waals surface area contributed by atoms with E-state index in [4.69, 9.17) is 10.5 Å². The molecule has 3 rings (SSSR count). The molecule has 2 atom stereocenters. The predicted molar refractivity (Wildman–Crippen MR) is 109 cm³/mol. The molecule has 1 aliphatic rings. The Morgan fingerprint density at radius 2 is 1.83 bits per heavy atom. The smallest absolute Gasteiger partial charge is 0.433 e. The fraction of sp³-hybridized carbons (Fsp3) is 0.368. The average molecular weight is 452 g/mol. The lowest BCUT2D eigenvalue weighted by Gasteiger charge is -2.17. The molecule has 3 N–H and O–H groups in total. The molecule has 0 unspecified atom stereocenters. The van der Waals surface area contributed by atoms with E-state index in [1.165, 1.54) is 12.1 Å². The first-order valence-corrected chi connectivity index (χ1v) is 8.70. The molecule has 1 heterocycles. The van der Waals surface area contributed by atoms with Gasteiger partial charge in [0.1, 0.15) is 11.4 Å². The second-order valence-electron chi connectivity index (χ2n) is 6.51. The van der Waals surface area contributed by atoms with E-state index in [2.05, 4.69) is 10.3 Å². The van der Waals surface area contributed by atoms with Gasteiger partial charge in [0, 0.05) is 17.7 Å². The Morgan fingerprint density at radius 1 is 1.14 bits per heavy atom. The standard InChI is InChI=1S/C19H20F3N3O2.2ClH/c20-19(21,22)16-5-2-6-17(25-16)27-14-9-7-13(8-10-14)24-18(26)15-4-1-3-12(15)11-23;;/h2,5-10,12,15H,1,3-4,11,23H2,(H,24,26);2*1H/t12-,15-;;/m1../s1. The van der Waals surface area contributed by atoms with Gasteiger partial charge in [0.25, 0.3) is 0 Å². The average Bonchev–Trinajstić information content (AvgIpc) is 3.12. The van der Waals surface area contributed by atoms with Gasteiger partial charge in [-0.25, -0.2) is 4.98 Å². The van der Waals surface area contributed by atoms with E-state index >= 15 is 0 Å². The number of halogens is 5. The maximum Gasteiger partial charge on any atom is 0.433 e. The monoisotopic (exact) mass is 451 g/mol. The van der Waals surface area contributed by atoms with Crippen molar-refractivity contribution in [2.75, 3.05) is 11.9 Å². The number of ether oxygens (including phenoxy) is 1. The first-order valence-electron chi connectivity index (χ1n) is 8.70. The number of rotatable bonds is 5. The van der Waals surface area contributed by atoms with Gasteiger partial charge in [-0.3, -0.25) is 4.79 Å². The van der Waals surface area contributed by atoms with Crippen molar-refractivity contribution in [1.82, 2.24) is 4.98 Å². The largest absolute Gasteiger partial charge is 0.439 e. The number of nitrogens with zero attached hydrogens (tertiary/aromatic N) is 1. The van der Waals surface area contributed by atoms with Crippen LogP contribution in [0.1, 0.15) is 25.0 Å². The molecule has 1 aromatic heterocycles. The number of nitrogens with two attached hydrogens (primary N) is 1. The van der Waals surface area contributed by atoms with Crippen LogP contribution in [-0.2, 0) is 11.0 Å². The SMILES string of the molecule is Cl.Cl.NC[C@H]1CCC[C@H]1C(=O)Nc1ccc(Oc2cccc(C(F)(F)F)n2)cc1. The maximum atomic E-state index is 12.7. The zero-order chi connectivity index (χ0) is 19.4. The number of benzene rings is 1. The summed E-state index contributed by atoms with van der Waals surface area (Å²) in [6.45, 7) is 0.495. The van der Waals surface area contributed by atoms with Crippen LogP contribution in [0.2, 0.25) is 0 Å². The Morgan fingerprint density at radius 3 is 2.45 bits per heavy atom. The van der Waals surface area contributed by atoms with Crippen molar-refractivity contribution < 1.29 is 22.7 Å². The van der Waals surface area contributed by atoms with E-state index in [9.17, 15) is 18.0 Å². The summed E-state index contributed by atoms with van der Waals surface area (Å²) in [6, 6.07) is 9.84. The summed E-state index contributed by atoms with van der Waals surface area (Å²) < 4.78 is 43.5. The molecule has 0 bridgehead atoms. The summed E-state index contributed by atoms with van der Waals surface area (Å²) >= 11 is 0. The van der Waals surface area contributed by atoms with Gasteiger partial charge >= 0.3 is 6.18 Å². The highest BCUT2D eigenvalue weighted by Crippen LogP contribution is 2.32. The van der Waals surface area contributed by atoms with E-state index in [-0.39, 0.29) is 48.4 Å². The summed E-state index contributed by atoms with van der Waals surface area (Å²) in [5.41, 5.74) is 5.28. The molecular weight excluding hydrogens is 430 g/mol. The highest BCUT2D eigenvalue weighted by Gasteiger charge is 2.33. The number of aromatic nitrogens is 1. The Labute approximate surface area is 179 Å². The minimum atomic E-state index is -4.53. The summed E-state index contributed by atoms with van der Waals surface area (Å²) in [5, 5.41) is 2.85. The van der Waals surface area contributed by atoms with Crippen molar-refractivity contribution >= 4 is 36.4 Å². The lowest BCUT2D eigenvalue weighted by molar-refractivity contribution is -0.141. The first-order chi connectivity index (χ1) is 12.9. The molecule has 29 heavy (non-hydrogen) atoms. The zero-order valence-corrected chi connectivity index (χ0v) is 16.9. The van der Waals surface area contributed by atoms with Crippen molar-refractivity contribution in [3.63, 3.8) is 0 Å². The molecule has 10 heteroatoms. The third-order valence-corrected chi connectivity index (χ3v) is 4.66. The van der Waals surface area contributed by atoms with Gasteiger partial charge in [0.15, 0.2) is 0 Å². The van der Waals surface area contributed by atoms with E-state index in [0.29, 0.717) is 18.0 Å². The molecule has 1 aromatic carbocycles. The van der Waals surface area contributed by atoms with E-state index in [1.54, 1.807) is 24.3 Å². The molecule has 1 fully saturated rings. The number of anilines is 1. The lowest BCUT2D eigenvalue weighted by Crippen LogP contribution is -2.29. The Balaban J connectivity index is 0.00000210. The molecule has 0 radical (unpaired) electrons. The second-order valence-corrected chi connectivity index (χ2v) is 6.51. The number of carbonyl (C=O) groups is 1. The van der Waals surface area contributed by atoms with Crippen molar-refractivity contribution in [1.29, 1.82) is 0 Å². The third-order valence-electron chi connectivity index (χ3n) is 4.66. The van der Waals surface area contributed by atoms with Crippen molar-refractivity contribution in [2.45, 2.75) is 25.4 Å². The highest BCUT2D eigenvalue weighted by molar-refractivity contribution is 5.93. The molecule has 1 aliphatic carbocycles. The van der Waals surface area contributed by atoms with Crippen LogP contribution in [0.25, 0.3) is 0 Å². The molecule has 0 aliphatic heterocycles. The van der Waals surface area contributed by atoms with E-state index < -0.39 is 11.9 Å². The maximum absolute atomic E-state index is 12.7. The molecule has 1 amide bonds. The fourth-order valence-electron chi connectivity index (χ4n) is 3.26. The van der Waals surface area contributed by atoms with Crippen LogP contribution in [0.5, 0.6) is 11.6 Å². The van der Waals surface area contributed by atoms with Gasteiger partial charge in [0.2, 0.25) is 11.8 Å². The van der Waals surface area contributed by atoms with Crippen LogP contribution in [0.4, 0.5) is 18.9 Å². The first kappa shape index (κ1) is 25.0. The van der Waals surface area contributed by atoms with Crippen LogP contribution in [0, 0.1) is 11.8 Å². The zero-order valence-electron chi connectivity index (χ0n) is 15.3. The Kier molecular flexibility index (Phi) is 9.19. The van der Waals surface area contributed by atoms with Crippen molar-refractivity contribution in [3.05, 3.63) is 48.2 Å². The van der Waals surface area contributed by atoms with Crippen LogP contribution in [0.15, 0.2) is 42.5 Å². The summed E-state index contributed by atoms with van der Waals surface area (Å²) in [5.74, 6) is 0.231. The van der Waals surface area contributed by atoms with Gasteiger partial charge in [-0.05, 0) is 55.6 Å². The Hall–Kier alpha value is -2.03. The fourth-order valence-corrected chi connectivity index (χ4v) is 3.26. The second kappa shape index (κ2) is 10.7. The topological polar surface area (TPSA) is 77.2 Å². The van der Waals surface area contributed by atoms with Crippen LogP contribution in [-0.4, -0.2) is 17.4 Å². The van der Waals surface area contributed by atoms with Crippen LogP contribution >= 0.6 is 24.8 Å². The normalized spacial score (nSPS) is 18.3. The third kappa shape index (κ3) is 6.48. The summed E-state index contributed by atoms with van der Waals surface area (Å²) in [6.07, 6.45) is -1.74. The predicted octanol–water partition coefficient (Wildman–Crippen LogP) is 5.05. The molecule has 160 valence electrons. The Bertz CT molecular complexity index is 804. The number of amides is 1. The summed E-state index contributed by atoms with van der Waals surface area (Å²) in [4.78, 5) is 15.8. The number of hydrogen-bond acceptors (Lipinski definition) is 4. The quantitative estimate of drug-likeness (QED) is 0.666. The van der Waals surface area contributed by atoms with E-state index in [1.807, 2.05) is 0 Å². The van der Waals surface area contributed by atoms with Gasteiger partial charge in [-0.2, -0.15) is 13.2 Å². The van der Waals surface area contributed by atoms with Crippen LogP contribution in [0.3, 0.4) is 0 Å². The number of carbonyl (C=O) groups excluding carboxylic acids is 1. The molecule has 0 spiro atoms. The molecule has 5 nitrogen and oxygen atoms in total. The highest BCUT2D eigenvalue weighted by atomic mass is 35.5. The summed E-state index contributed by atoms with van der Waals surface area (Å²) in [7, 11) is 0. The number of hydrogen-bond donors (Lipinski definition) is 2. The van der Waals surface area contributed by atoms with Crippen molar-refractivity contribution in [2.24, 2.45) is 17.6 Å².